The molecular formula is C20H20F3N5O3S. The van der Waals surface area contributed by atoms with Crippen molar-refractivity contribution in [2.45, 2.75) is 31.5 Å². The largest absolute Gasteiger partial charge is 0.405 e. The second kappa shape index (κ2) is 9.09. The molecule has 2 N–H and O–H groups in total. The standard InChI is InChI=1S/C20H20F3N5O3S/c1-13-9-14(2)28(27-13)18-8-3-15(10-24-18)11-26-32(30,31)17-6-4-16(5-7-17)19(29)25-12-20(21,22)23/h3-10,26H,11-12H2,1-2H3,(H,25,29). The van der Waals surface area contributed by atoms with E-state index in [4.69, 9.17) is 0 Å². The van der Waals surface area contributed by atoms with Gasteiger partial charge in [0.15, 0.2) is 5.82 Å². The zero-order chi connectivity index (χ0) is 23.5. The fourth-order valence-electron chi connectivity index (χ4n) is 2.84. The molecule has 32 heavy (non-hydrogen) atoms. The molecule has 2 aromatic heterocycles. The van der Waals surface area contributed by atoms with Crippen molar-refractivity contribution in [3.8, 4) is 5.82 Å². The van der Waals surface area contributed by atoms with Crippen LogP contribution in [0.4, 0.5) is 13.2 Å². The van der Waals surface area contributed by atoms with Gasteiger partial charge in [-0.05, 0) is 55.8 Å². The van der Waals surface area contributed by atoms with Crippen molar-refractivity contribution in [2.24, 2.45) is 0 Å². The summed E-state index contributed by atoms with van der Waals surface area (Å²) in [6.45, 7) is 2.27. The monoisotopic (exact) mass is 467 g/mol. The smallest absolute Gasteiger partial charge is 0.343 e. The Morgan fingerprint density at radius 1 is 1.09 bits per heavy atom. The molecule has 0 fully saturated rings. The van der Waals surface area contributed by atoms with Crippen molar-refractivity contribution in [3.05, 3.63) is 71.2 Å². The van der Waals surface area contributed by atoms with Gasteiger partial charge >= 0.3 is 6.18 Å². The van der Waals surface area contributed by atoms with Crippen LogP contribution in [0.3, 0.4) is 0 Å². The molecule has 170 valence electrons. The molecule has 8 nitrogen and oxygen atoms in total. The summed E-state index contributed by atoms with van der Waals surface area (Å²) in [5.41, 5.74) is 2.29. The molecule has 0 atom stereocenters. The molecule has 0 bridgehead atoms. The molecule has 1 aromatic carbocycles. The minimum Gasteiger partial charge on any atom is -0.343 e. The van der Waals surface area contributed by atoms with Crippen LogP contribution in [0.1, 0.15) is 27.3 Å². The highest BCUT2D eigenvalue weighted by atomic mass is 32.2. The topological polar surface area (TPSA) is 106 Å². The van der Waals surface area contributed by atoms with E-state index < -0.39 is 28.7 Å². The first-order valence-corrected chi connectivity index (χ1v) is 10.9. The van der Waals surface area contributed by atoms with E-state index in [0.29, 0.717) is 11.4 Å². The predicted octanol–water partition coefficient (Wildman–Crippen LogP) is 2.65. The van der Waals surface area contributed by atoms with Gasteiger partial charge in [0.1, 0.15) is 6.54 Å². The van der Waals surface area contributed by atoms with Crippen molar-refractivity contribution in [3.63, 3.8) is 0 Å². The van der Waals surface area contributed by atoms with E-state index in [1.807, 2.05) is 19.9 Å². The molecule has 1 amide bonds. The summed E-state index contributed by atoms with van der Waals surface area (Å²) < 4.78 is 65.6. The van der Waals surface area contributed by atoms with Crippen LogP contribution in [-0.2, 0) is 16.6 Å². The van der Waals surface area contributed by atoms with Gasteiger partial charge in [-0.25, -0.2) is 22.8 Å². The van der Waals surface area contributed by atoms with Gasteiger partial charge in [0, 0.05) is 24.0 Å². The Bertz CT molecular complexity index is 1200. The molecule has 0 aliphatic rings. The first-order valence-electron chi connectivity index (χ1n) is 9.38. The van der Waals surface area contributed by atoms with Crippen molar-refractivity contribution < 1.29 is 26.4 Å². The third-order valence-corrected chi connectivity index (χ3v) is 5.80. The highest BCUT2D eigenvalue weighted by molar-refractivity contribution is 7.89. The summed E-state index contributed by atoms with van der Waals surface area (Å²) in [5, 5.41) is 6.06. The van der Waals surface area contributed by atoms with E-state index in [0.717, 1.165) is 35.7 Å². The molecule has 0 aliphatic heterocycles. The normalized spacial score (nSPS) is 12.0. The molecule has 0 saturated carbocycles. The van der Waals surface area contributed by atoms with Gasteiger partial charge < -0.3 is 5.32 Å². The van der Waals surface area contributed by atoms with Gasteiger partial charge in [0.05, 0.1) is 10.6 Å². The summed E-state index contributed by atoms with van der Waals surface area (Å²) >= 11 is 0. The van der Waals surface area contributed by atoms with E-state index in [1.165, 1.54) is 6.20 Å². The lowest BCUT2D eigenvalue weighted by Gasteiger charge is -2.10. The van der Waals surface area contributed by atoms with E-state index in [-0.39, 0.29) is 17.0 Å². The number of amides is 1. The SMILES string of the molecule is Cc1cc(C)n(-c2ccc(CNS(=O)(=O)c3ccc(C(=O)NCC(F)(F)F)cc3)cn2)n1. The molecule has 3 aromatic rings. The number of benzene rings is 1. The van der Waals surface area contributed by atoms with Gasteiger partial charge in [0.25, 0.3) is 5.91 Å². The number of aryl methyl sites for hydroxylation is 2. The molecule has 2 heterocycles. The van der Waals surface area contributed by atoms with Crippen LogP contribution in [0.15, 0.2) is 53.6 Å². The summed E-state index contributed by atoms with van der Waals surface area (Å²) in [5.74, 6) is -0.352. The van der Waals surface area contributed by atoms with Crippen molar-refractivity contribution in [1.82, 2.24) is 24.8 Å². The summed E-state index contributed by atoms with van der Waals surface area (Å²) in [6, 6.07) is 9.93. The van der Waals surface area contributed by atoms with Crippen molar-refractivity contribution in [1.29, 1.82) is 0 Å². The molecular weight excluding hydrogens is 447 g/mol. The van der Waals surface area contributed by atoms with Crippen LogP contribution in [0, 0.1) is 13.8 Å². The molecule has 0 spiro atoms. The van der Waals surface area contributed by atoms with E-state index >= 15 is 0 Å². The molecule has 0 aliphatic carbocycles. The highest BCUT2D eigenvalue weighted by Crippen LogP contribution is 2.15. The Labute approximate surface area is 182 Å². The molecule has 12 heteroatoms. The number of nitrogens with one attached hydrogen (secondary N) is 2. The first kappa shape index (κ1) is 23.4. The first-order chi connectivity index (χ1) is 14.9. The second-order valence-electron chi connectivity index (χ2n) is 7.01. The zero-order valence-electron chi connectivity index (χ0n) is 17.1. The summed E-state index contributed by atoms with van der Waals surface area (Å²) in [7, 11) is -3.91. The van der Waals surface area contributed by atoms with E-state index in [2.05, 4.69) is 14.8 Å². The van der Waals surface area contributed by atoms with E-state index in [1.54, 1.807) is 22.1 Å². The number of aromatic nitrogens is 3. The van der Waals surface area contributed by atoms with Crippen LogP contribution >= 0.6 is 0 Å². The third-order valence-electron chi connectivity index (χ3n) is 4.38. The van der Waals surface area contributed by atoms with Gasteiger partial charge in [-0.2, -0.15) is 18.3 Å². The number of carbonyl (C=O) groups excluding carboxylic acids is 1. The lowest BCUT2D eigenvalue weighted by Crippen LogP contribution is -2.33. The van der Waals surface area contributed by atoms with Crippen LogP contribution in [0.2, 0.25) is 0 Å². The number of alkyl halides is 3. The number of nitrogens with zero attached hydrogens (tertiary/aromatic N) is 3. The van der Waals surface area contributed by atoms with Gasteiger partial charge in [-0.1, -0.05) is 6.07 Å². The predicted molar refractivity (Wildman–Crippen MR) is 110 cm³/mol. The number of carbonyl (C=O) groups is 1. The Morgan fingerprint density at radius 2 is 1.78 bits per heavy atom. The summed E-state index contributed by atoms with van der Waals surface area (Å²) in [4.78, 5) is 15.9. The van der Waals surface area contributed by atoms with E-state index in [9.17, 15) is 26.4 Å². The van der Waals surface area contributed by atoms with Gasteiger partial charge in [0.2, 0.25) is 10.0 Å². The Kier molecular flexibility index (Phi) is 6.65. The number of halogens is 3. The number of sulfonamides is 1. The van der Waals surface area contributed by atoms with Crippen molar-refractivity contribution >= 4 is 15.9 Å². The fraction of sp³-hybridized carbons (Fsp3) is 0.250. The van der Waals surface area contributed by atoms with Crippen LogP contribution in [-0.4, -0.2) is 41.8 Å². The molecule has 3 rings (SSSR count). The number of rotatable bonds is 7. The lowest BCUT2D eigenvalue weighted by atomic mass is 10.2. The number of pyridine rings is 1. The number of hydrogen-bond donors (Lipinski definition) is 2. The van der Waals surface area contributed by atoms with Crippen LogP contribution in [0.25, 0.3) is 5.82 Å². The zero-order valence-corrected chi connectivity index (χ0v) is 18.0. The Hall–Kier alpha value is -3.25. The quantitative estimate of drug-likeness (QED) is 0.556. The van der Waals surface area contributed by atoms with Crippen LogP contribution in [0.5, 0.6) is 0 Å². The van der Waals surface area contributed by atoms with Crippen LogP contribution < -0.4 is 10.0 Å². The second-order valence-corrected chi connectivity index (χ2v) is 8.78. The lowest BCUT2D eigenvalue weighted by molar-refractivity contribution is -0.123. The Balaban J connectivity index is 1.62. The third kappa shape index (κ3) is 5.92. The molecule has 0 radical (unpaired) electrons. The molecule has 0 saturated heterocycles. The maximum absolute atomic E-state index is 12.5. The minimum atomic E-state index is -4.54. The Morgan fingerprint density at radius 3 is 2.31 bits per heavy atom. The highest BCUT2D eigenvalue weighted by Gasteiger charge is 2.28. The maximum Gasteiger partial charge on any atom is 0.405 e. The van der Waals surface area contributed by atoms with Gasteiger partial charge in [-0.15, -0.1) is 0 Å². The fourth-order valence-corrected chi connectivity index (χ4v) is 3.85. The molecule has 0 unspecified atom stereocenters. The number of hydrogen-bond acceptors (Lipinski definition) is 5. The van der Waals surface area contributed by atoms with Gasteiger partial charge in [-0.3, -0.25) is 4.79 Å². The minimum absolute atomic E-state index is 0.0272. The maximum atomic E-state index is 12.5. The summed E-state index contributed by atoms with van der Waals surface area (Å²) in [6.07, 6.45) is -3.01. The van der Waals surface area contributed by atoms with Crippen molar-refractivity contribution in [2.75, 3.05) is 6.54 Å². The average molecular weight is 467 g/mol. The average Bonchev–Trinajstić information content (AvgIpc) is 3.08.